The number of hydrogen-bond acceptors (Lipinski definition) is 6. The molecule has 1 saturated heterocycles. The molecule has 1 amide bonds. The minimum Gasteiger partial charge on any atom is -0.337 e. The van der Waals surface area contributed by atoms with Gasteiger partial charge >= 0.3 is 0 Å². The van der Waals surface area contributed by atoms with E-state index in [2.05, 4.69) is 25.8 Å². The fraction of sp³-hybridized carbons (Fsp3) is 0.333. The van der Waals surface area contributed by atoms with E-state index in [-0.39, 0.29) is 17.7 Å². The molecule has 0 saturated carbocycles. The summed E-state index contributed by atoms with van der Waals surface area (Å²) in [5.41, 5.74) is 0. The summed E-state index contributed by atoms with van der Waals surface area (Å²) in [5.74, 6) is -0.462. The van der Waals surface area contributed by atoms with Crippen LogP contribution in [0.4, 0.5) is 10.2 Å². The first kappa shape index (κ1) is 12.7. The molecule has 1 fully saturated rings. The van der Waals surface area contributed by atoms with Crippen molar-refractivity contribution in [2.75, 3.05) is 11.9 Å². The van der Waals surface area contributed by atoms with E-state index in [1.807, 2.05) is 0 Å². The summed E-state index contributed by atoms with van der Waals surface area (Å²) in [6.07, 6.45) is 2.95. The van der Waals surface area contributed by atoms with E-state index in [1.54, 1.807) is 0 Å². The minimum atomic E-state index is -0.544. The first-order valence-corrected chi connectivity index (χ1v) is 6.22. The van der Waals surface area contributed by atoms with Crippen molar-refractivity contribution in [2.24, 2.45) is 0 Å². The monoisotopic (exact) mass is 277 g/mol. The highest BCUT2D eigenvalue weighted by Gasteiger charge is 2.24. The van der Waals surface area contributed by atoms with Crippen molar-refractivity contribution in [1.29, 1.82) is 0 Å². The Kier molecular flexibility index (Phi) is 3.38. The Bertz CT molecular complexity index is 607. The summed E-state index contributed by atoms with van der Waals surface area (Å²) in [7, 11) is 0. The molecule has 20 heavy (non-hydrogen) atoms. The Balaban J connectivity index is 1.69. The fourth-order valence-corrected chi connectivity index (χ4v) is 1.99. The van der Waals surface area contributed by atoms with Gasteiger partial charge in [-0.3, -0.25) is 4.79 Å². The molecule has 7 nitrogen and oxygen atoms in total. The molecule has 0 bridgehead atoms. The lowest BCUT2D eigenvalue weighted by Gasteiger charge is -2.01. The molecule has 8 heteroatoms. The standard InChI is InChI=1S/C12H12FN5O2/c13-7-3-4-9(15-6-7)16-11(19)10-17-12(20-18-10)8-2-1-5-14-8/h3-4,6,8,14H,1-2,5H2,(H,15,16,19). The van der Waals surface area contributed by atoms with E-state index in [0.717, 1.165) is 25.6 Å². The van der Waals surface area contributed by atoms with Crippen LogP contribution in [0.5, 0.6) is 0 Å². The molecule has 1 atom stereocenters. The first-order valence-electron chi connectivity index (χ1n) is 6.22. The summed E-state index contributed by atoms with van der Waals surface area (Å²) in [5, 5.41) is 9.30. The number of hydrogen-bond donors (Lipinski definition) is 2. The summed E-state index contributed by atoms with van der Waals surface area (Å²) < 4.78 is 17.8. The van der Waals surface area contributed by atoms with Crippen LogP contribution < -0.4 is 10.6 Å². The third kappa shape index (κ3) is 2.64. The van der Waals surface area contributed by atoms with Gasteiger partial charge in [0.25, 0.3) is 11.7 Å². The maximum absolute atomic E-state index is 12.7. The quantitative estimate of drug-likeness (QED) is 0.878. The lowest BCUT2D eigenvalue weighted by atomic mass is 10.2. The van der Waals surface area contributed by atoms with Crippen LogP contribution in [0.1, 0.15) is 35.4 Å². The van der Waals surface area contributed by atoms with Crippen LogP contribution >= 0.6 is 0 Å². The SMILES string of the molecule is O=C(Nc1ccc(F)cn1)c1noc(C2CCCN2)n1. The Hall–Kier alpha value is -2.35. The third-order valence-corrected chi connectivity index (χ3v) is 2.97. The van der Waals surface area contributed by atoms with Crippen LogP contribution in [-0.2, 0) is 0 Å². The molecule has 3 heterocycles. The smallest absolute Gasteiger partial charge is 0.298 e. The average Bonchev–Trinajstić information content (AvgIpc) is 3.11. The van der Waals surface area contributed by atoms with Crippen LogP contribution in [0.2, 0.25) is 0 Å². The van der Waals surface area contributed by atoms with E-state index in [1.165, 1.54) is 12.1 Å². The largest absolute Gasteiger partial charge is 0.337 e. The fourth-order valence-electron chi connectivity index (χ4n) is 1.99. The summed E-state index contributed by atoms with van der Waals surface area (Å²) in [4.78, 5) is 19.7. The highest BCUT2D eigenvalue weighted by atomic mass is 19.1. The second-order valence-electron chi connectivity index (χ2n) is 4.42. The molecule has 0 aromatic carbocycles. The van der Waals surface area contributed by atoms with Crippen LogP contribution in [0.25, 0.3) is 0 Å². The van der Waals surface area contributed by atoms with Gasteiger partial charge in [0.2, 0.25) is 5.89 Å². The van der Waals surface area contributed by atoms with Gasteiger partial charge in [0.05, 0.1) is 12.2 Å². The minimum absolute atomic E-state index is 0.00740. The number of nitrogens with one attached hydrogen (secondary N) is 2. The molecule has 1 aliphatic rings. The predicted molar refractivity (Wildman–Crippen MR) is 66.4 cm³/mol. The number of pyridine rings is 1. The molecule has 2 aromatic heterocycles. The van der Waals surface area contributed by atoms with E-state index in [9.17, 15) is 9.18 Å². The number of amides is 1. The topological polar surface area (TPSA) is 92.9 Å². The summed E-state index contributed by atoms with van der Waals surface area (Å²) >= 11 is 0. The van der Waals surface area contributed by atoms with Crippen molar-refractivity contribution in [3.8, 4) is 0 Å². The number of aromatic nitrogens is 3. The third-order valence-electron chi connectivity index (χ3n) is 2.97. The van der Waals surface area contributed by atoms with Gasteiger partial charge < -0.3 is 15.2 Å². The van der Waals surface area contributed by atoms with Gasteiger partial charge in [-0.15, -0.1) is 0 Å². The maximum atomic E-state index is 12.7. The number of carbonyl (C=O) groups excluding carboxylic acids is 1. The average molecular weight is 277 g/mol. The molecule has 2 N–H and O–H groups in total. The van der Waals surface area contributed by atoms with Crippen LogP contribution in [-0.4, -0.2) is 27.6 Å². The summed E-state index contributed by atoms with van der Waals surface area (Å²) in [6.45, 7) is 0.897. The van der Waals surface area contributed by atoms with Gasteiger partial charge in [0, 0.05) is 0 Å². The zero-order valence-electron chi connectivity index (χ0n) is 10.5. The number of carbonyl (C=O) groups is 1. The maximum Gasteiger partial charge on any atom is 0.298 e. The summed E-state index contributed by atoms with van der Waals surface area (Å²) in [6, 6.07) is 2.56. The molecular formula is C12H12FN5O2. The van der Waals surface area contributed by atoms with Gasteiger partial charge in [-0.1, -0.05) is 5.16 Å². The Labute approximate surface area is 113 Å². The highest BCUT2D eigenvalue weighted by Crippen LogP contribution is 2.21. The predicted octanol–water partition coefficient (Wildman–Crippen LogP) is 1.28. The van der Waals surface area contributed by atoms with Gasteiger partial charge in [0.15, 0.2) is 0 Å². The normalized spacial score (nSPS) is 18.1. The molecule has 1 aliphatic heterocycles. The van der Waals surface area contributed by atoms with Crippen molar-refractivity contribution in [3.05, 3.63) is 35.9 Å². The number of nitrogens with zero attached hydrogens (tertiary/aromatic N) is 3. The zero-order valence-corrected chi connectivity index (χ0v) is 10.5. The van der Waals surface area contributed by atoms with Crippen molar-refractivity contribution >= 4 is 11.7 Å². The van der Waals surface area contributed by atoms with E-state index >= 15 is 0 Å². The second kappa shape index (κ2) is 5.33. The lowest BCUT2D eigenvalue weighted by Crippen LogP contribution is -2.16. The molecule has 0 radical (unpaired) electrons. The molecule has 1 unspecified atom stereocenters. The van der Waals surface area contributed by atoms with Crippen LogP contribution in [0, 0.1) is 5.82 Å². The highest BCUT2D eigenvalue weighted by molar-refractivity contribution is 6.00. The van der Waals surface area contributed by atoms with Crippen LogP contribution in [0.3, 0.4) is 0 Å². The van der Waals surface area contributed by atoms with Crippen molar-refractivity contribution < 1.29 is 13.7 Å². The number of rotatable bonds is 3. The molecule has 0 spiro atoms. The first-order chi connectivity index (χ1) is 9.72. The van der Waals surface area contributed by atoms with Gasteiger partial charge in [-0.05, 0) is 31.5 Å². The molecule has 0 aliphatic carbocycles. The second-order valence-corrected chi connectivity index (χ2v) is 4.42. The van der Waals surface area contributed by atoms with Crippen molar-refractivity contribution in [3.63, 3.8) is 0 Å². The van der Waals surface area contributed by atoms with Crippen molar-refractivity contribution in [2.45, 2.75) is 18.9 Å². The van der Waals surface area contributed by atoms with Crippen LogP contribution in [0.15, 0.2) is 22.9 Å². The lowest BCUT2D eigenvalue weighted by molar-refractivity contribution is 0.101. The number of anilines is 1. The Morgan fingerprint density at radius 1 is 1.50 bits per heavy atom. The zero-order chi connectivity index (χ0) is 13.9. The molecule has 104 valence electrons. The molecule has 2 aromatic rings. The Morgan fingerprint density at radius 3 is 3.10 bits per heavy atom. The van der Waals surface area contributed by atoms with Gasteiger partial charge in [-0.25, -0.2) is 9.37 Å². The molecule has 3 rings (SSSR count). The van der Waals surface area contributed by atoms with E-state index < -0.39 is 11.7 Å². The van der Waals surface area contributed by atoms with E-state index in [4.69, 9.17) is 4.52 Å². The van der Waals surface area contributed by atoms with Crippen molar-refractivity contribution in [1.82, 2.24) is 20.4 Å². The number of halogens is 1. The molecular weight excluding hydrogens is 265 g/mol. The van der Waals surface area contributed by atoms with E-state index in [0.29, 0.717) is 5.89 Å². The van der Waals surface area contributed by atoms with Gasteiger partial charge in [-0.2, -0.15) is 4.98 Å². The Morgan fingerprint density at radius 2 is 2.40 bits per heavy atom. The van der Waals surface area contributed by atoms with Gasteiger partial charge in [0.1, 0.15) is 11.6 Å².